The maximum absolute atomic E-state index is 12.9. The van der Waals surface area contributed by atoms with Crippen molar-refractivity contribution in [2.24, 2.45) is 17.6 Å². The first kappa shape index (κ1) is 22.3. The van der Waals surface area contributed by atoms with Crippen molar-refractivity contribution in [2.45, 2.75) is 31.4 Å². The van der Waals surface area contributed by atoms with Crippen LogP contribution in [0, 0.1) is 11.8 Å². The summed E-state index contributed by atoms with van der Waals surface area (Å²) in [5.74, 6) is -1.16. The molecule has 7 nitrogen and oxygen atoms in total. The van der Waals surface area contributed by atoms with Gasteiger partial charge in [-0.2, -0.15) is 0 Å². The molecule has 0 unspecified atom stereocenters. The van der Waals surface area contributed by atoms with Gasteiger partial charge in [-0.25, -0.2) is 12.7 Å². The van der Waals surface area contributed by atoms with Crippen LogP contribution in [0.15, 0.2) is 18.2 Å². The number of benzene rings is 1. The molecule has 2 heterocycles. The molecule has 0 saturated carbocycles. The topological polar surface area (TPSA) is 101 Å². The summed E-state index contributed by atoms with van der Waals surface area (Å²) in [4.78, 5) is 25.9. The van der Waals surface area contributed by atoms with Crippen LogP contribution < -0.4 is 5.73 Å². The molecule has 2 aliphatic rings. The van der Waals surface area contributed by atoms with Gasteiger partial charge in [0.2, 0.25) is 21.8 Å². The lowest BCUT2D eigenvalue weighted by molar-refractivity contribution is -0.139. The third kappa shape index (κ3) is 5.42. The molecule has 0 bridgehead atoms. The summed E-state index contributed by atoms with van der Waals surface area (Å²) in [6, 6.07) is 4.74. The van der Waals surface area contributed by atoms with Crippen LogP contribution in [0.4, 0.5) is 0 Å². The van der Waals surface area contributed by atoms with Gasteiger partial charge in [0.1, 0.15) is 0 Å². The van der Waals surface area contributed by atoms with E-state index in [1.807, 2.05) is 0 Å². The van der Waals surface area contributed by atoms with Gasteiger partial charge >= 0.3 is 0 Å². The Balaban J connectivity index is 1.63. The van der Waals surface area contributed by atoms with Gasteiger partial charge in [0.25, 0.3) is 0 Å². The average Bonchev–Trinajstić information content (AvgIpc) is 2.69. The highest BCUT2D eigenvalue weighted by Gasteiger charge is 2.36. The van der Waals surface area contributed by atoms with Crippen molar-refractivity contribution < 1.29 is 18.0 Å². The molecule has 2 fully saturated rings. The van der Waals surface area contributed by atoms with Crippen molar-refractivity contribution in [1.29, 1.82) is 0 Å². The van der Waals surface area contributed by atoms with Gasteiger partial charge in [0.15, 0.2) is 0 Å². The van der Waals surface area contributed by atoms with Gasteiger partial charge in [-0.3, -0.25) is 9.59 Å². The maximum Gasteiger partial charge on any atom is 0.227 e. The molecule has 2 amide bonds. The summed E-state index contributed by atoms with van der Waals surface area (Å²) in [7, 11) is -3.62. The molecule has 2 N–H and O–H groups in total. The van der Waals surface area contributed by atoms with E-state index in [-0.39, 0.29) is 35.9 Å². The molecule has 0 aromatic heterocycles. The fourth-order valence-corrected chi connectivity index (χ4v) is 6.16. The quantitative estimate of drug-likeness (QED) is 0.726. The van der Waals surface area contributed by atoms with Crippen molar-refractivity contribution in [3.8, 4) is 0 Å². The summed E-state index contributed by atoms with van der Waals surface area (Å²) in [6.07, 6.45) is 2.40. The lowest BCUT2D eigenvalue weighted by Gasteiger charge is -2.37. The van der Waals surface area contributed by atoms with Gasteiger partial charge < -0.3 is 10.6 Å². The van der Waals surface area contributed by atoms with Crippen LogP contribution in [-0.4, -0.2) is 55.6 Å². The molecule has 0 aliphatic carbocycles. The van der Waals surface area contributed by atoms with E-state index in [9.17, 15) is 18.0 Å². The summed E-state index contributed by atoms with van der Waals surface area (Å²) in [5, 5.41) is 0.753. The Morgan fingerprint density at radius 2 is 1.76 bits per heavy atom. The van der Waals surface area contributed by atoms with Crippen molar-refractivity contribution in [3.05, 3.63) is 33.8 Å². The summed E-state index contributed by atoms with van der Waals surface area (Å²) in [6.45, 7) is 1.52. The van der Waals surface area contributed by atoms with Crippen molar-refractivity contribution in [1.82, 2.24) is 9.21 Å². The first-order valence-electron chi connectivity index (χ1n) is 9.67. The van der Waals surface area contributed by atoms with E-state index in [2.05, 4.69) is 0 Å². The molecule has 3 rings (SSSR count). The fraction of sp³-hybridized carbons (Fsp3) is 0.579. The summed E-state index contributed by atoms with van der Waals surface area (Å²) < 4.78 is 27.2. The predicted octanol–water partition coefficient (Wildman–Crippen LogP) is 2.26. The molecule has 1 atom stereocenters. The van der Waals surface area contributed by atoms with E-state index >= 15 is 0 Å². The first-order chi connectivity index (χ1) is 13.7. The highest BCUT2D eigenvalue weighted by atomic mass is 35.5. The van der Waals surface area contributed by atoms with E-state index in [0.29, 0.717) is 60.9 Å². The number of sulfonamides is 1. The largest absolute Gasteiger partial charge is 0.369 e. The molecule has 1 aromatic rings. The van der Waals surface area contributed by atoms with E-state index in [0.717, 1.165) is 0 Å². The van der Waals surface area contributed by atoms with E-state index < -0.39 is 10.0 Å². The standard InChI is InChI=1S/C19H25Cl2N3O4S/c20-16-4-3-15(17(21)10-16)12-29(27,28)24-7-1-2-14(11-24)19(26)23-8-5-13(6-9-23)18(22)25/h3-4,10,13-14H,1-2,5-9,11-12H2,(H2,22,25)/t14-/m0/s1. The van der Waals surface area contributed by atoms with Crippen LogP contribution in [0.2, 0.25) is 10.0 Å². The van der Waals surface area contributed by atoms with Crippen LogP contribution in [0.5, 0.6) is 0 Å². The number of hydrogen-bond acceptors (Lipinski definition) is 4. The Morgan fingerprint density at radius 3 is 2.38 bits per heavy atom. The van der Waals surface area contributed by atoms with E-state index in [1.165, 1.54) is 10.4 Å². The monoisotopic (exact) mass is 461 g/mol. The Kier molecular flexibility index (Phi) is 7.09. The number of carbonyl (C=O) groups is 2. The molecule has 1 aromatic carbocycles. The van der Waals surface area contributed by atoms with Crippen LogP contribution >= 0.6 is 23.2 Å². The minimum atomic E-state index is -3.62. The second-order valence-electron chi connectivity index (χ2n) is 7.69. The number of carbonyl (C=O) groups excluding carboxylic acids is 2. The second-order valence-corrected chi connectivity index (χ2v) is 10.5. The number of nitrogens with two attached hydrogens (primary N) is 1. The lowest BCUT2D eigenvalue weighted by Crippen LogP contribution is -2.49. The minimum Gasteiger partial charge on any atom is -0.369 e. The number of rotatable bonds is 5. The van der Waals surface area contributed by atoms with Gasteiger partial charge in [0, 0.05) is 42.1 Å². The molecule has 10 heteroatoms. The second kappa shape index (κ2) is 9.20. The molecule has 0 spiro atoms. The van der Waals surface area contributed by atoms with Crippen LogP contribution in [0.25, 0.3) is 0 Å². The predicted molar refractivity (Wildman–Crippen MR) is 112 cm³/mol. The van der Waals surface area contributed by atoms with Crippen LogP contribution in [0.1, 0.15) is 31.2 Å². The molecule has 2 aliphatic heterocycles. The van der Waals surface area contributed by atoms with Gasteiger partial charge in [-0.15, -0.1) is 0 Å². The Morgan fingerprint density at radius 1 is 1.07 bits per heavy atom. The van der Waals surface area contributed by atoms with Gasteiger partial charge in [0.05, 0.1) is 11.7 Å². The number of amides is 2. The zero-order chi connectivity index (χ0) is 21.2. The van der Waals surface area contributed by atoms with Crippen LogP contribution in [0.3, 0.4) is 0 Å². The number of hydrogen-bond donors (Lipinski definition) is 1. The third-order valence-corrected chi connectivity index (χ3v) is 8.07. The zero-order valence-corrected chi connectivity index (χ0v) is 18.3. The highest BCUT2D eigenvalue weighted by molar-refractivity contribution is 7.88. The fourth-order valence-electron chi connectivity index (χ4n) is 3.97. The first-order valence-corrected chi connectivity index (χ1v) is 12.0. The lowest BCUT2D eigenvalue weighted by atomic mass is 9.93. The smallest absolute Gasteiger partial charge is 0.227 e. The zero-order valence-electron chi connectivity index (χ0n) is 16.0. The Hall–Kier alpha value is -1.35. The molecule has 0 radical (unpaired) electrons. The third-order valence-electron chi connectivity index (χ3n) is 5.69. The Labute approximate surface area is 181 Å². The summed E-state index contributed by atoms with van der Waals surface area (Å²) >= 11 is 12.0. The van der Waals surface area contributed by atoms with Crippen LogP contribution in [-0.2, 0) is 25.4 Å². The molecule has 160 valence electrons. The van der Waals surface area contributed by atoms with E-state index in [4.69, 9.17) is 28.9 Å². The van der Waals surface area contributed by atoms with Crippen molar-refractivity contribution >= 4 is 45.0 Å². The van der Waals surface area contributed by atoms with Crippen molar-refractivity contribution in [3.63, 3.8) is 0 Å². The van der Waals surface area contributed by atoms with Gasteiger partial charge in [-0.1, -0.05) is 29.3 Å². The Bertz CT molecular complexity index is 885. The molecule has 2 saturated heterocycles. The molecular formula is C19H25Cl2N3O4S. The van der Waals surface area contributed by atoms with E-state index in [1.54, 1.807) is 17.0 Å². The minimum absolute atomic E-state index is 0.0441. The average molecular weight is 462 g/mol. The highest BCUT2D eigenvalue weighted by Crippen LogP contribution is 2.28. The SMILES string of the molecule is NC(=O)C1CCN(C(=O)[C@H]2CCCN(S(=O)(=O)Cc3ccc(Cl)cc3Cl)C2)CC1. The molecular weight excluding hydrogens is 437 g/mol. The number of primary amides is 1. The number of nitrogens with zero attached hydrogens (tertiary/aromatic N) is 2. The number of piperidine rings is 2. The number of likely N-dealkylation sites (tertiary alicyclic amines) is 1. The van der Waals surface area contributed by atoms with Gasteiger partial charge in [-0.05, 0) is 43.4 Å². The summed E-state index contributed by atoms with van der Waals surface area (Å²) in [5.41, 5.74) is 5.83. The van der Waals surface area contributed by atoms with Crippen molar-refractivity contribution in [2.75, 3.05) is 26.2 Å². The maximum atomic E-state index is 12.9. The normalized spacial score (nSPS) is 21.9. The number of halogens is 2. The molecule has 29 heavy (non-hydrogen) atoms.